The van der Waals surface area contributed by atoms with Crippen molar-refractivity contribution in [2.24, 2.45) is 0 Å². The Hall–Kier alpha value is -2.09. The zero-order valence-corrected chi connectivity index (χ0v) is 15.4. The molecule has 0 aromatic heterocycles. The Morgan fingerprint density at radius 3 is 2.71 bits per heavy atom. The van der Waals surface area contributed by atoms with Crippen LogP contribution >= 0.6 is 22.6 Å². The van der Waals surface area contributed by atoms with Crippen LogP contribution < -0.4 is 9.47 Å². The summed E-state index contributed by atoms with van der Waals surface area (Å²) in [4.78, 5) is 11.2. The summed E-state index contributed by atoms with van der Waals surface area (Å²) in [5.74, 6) is 0.358. The van der Waals surface area contributed by atoms with E-state index in [4.69, 9.17) is 9.47 Å². The molecular weight excluding hydrogens is 426 g/mol. The highest BCUT2D eigenvalue weighted by atomic mass is 127. The molecule has 2 rings (SSSR count). The lowest BCUT2D eigenvalue weighted by atomic mass is 10.2. The van der Waals surface area contributed by atoms with Crippen LogP contribution in [-0.4, -0.2) is 20.2 Å². The minimum atomic E-state index is -0.435. The number of esters is 1. The molecule has 0 aliphatic carbocycles. The molecule has 126 valence electrons. The first-order chi connectivity index (χ1) is 11.5. The summed E-state index contributed by atoms with van der Waals surface area (Å²) in [6.07, 6.45) is 2.96. The maximum Gasteiger partial charge on any atom is 0.330 e. The largest absolute Gasteiger partial charge is 0.493 e. The number of carbonyl (C=O) groups is 1. The summed E-state index contributed by atoms with van der Waals surface area (Å²) in [5.41, 5.74) is 1.50. The number of ether oxygens (including phenoxy) is 3. The Bertz CT molecular complexity index is 759. The van der Waals surface area contributed by atoms with Crippen LogP contribution in [0.25, 0.3) is 6.08 Å². The smallest absolute Gasteiger partial charge is 0.330 e. The molecule has 0 aliphatic heterocycles. The summed E-state index contributed by atoms with van der Waals surface area (Å²) in [5, 5.41) is 0. The molecule has 0 saturated heterocycles. The number of hydrogen-bond acceptors (Lipinski definition) is 4. The third-order valence-corrected chi connectivity index (χ3v) is 3.94. The SMILES string of the molecule is COC(=O)/C=C/c1cc(I)c(OCc2cccc(F)c2)c(OC)c1. The monoisotopic (exact) mass is 442 g/mol. The summed E-state index contributed by atoms with van der Waals surface area (Å²) in [6.45, 7) is 0.224. The number of carbonyl (C=O) groups excluding carboxylic acids is 1. The van der Waals surface area contributed by atoms with Crippen molar-refractivity contribution in [2.75, 3.05) is 14.2 Å². The fraction of sp³-hybridized carbons (Fsp3) is 0.167. The molecule has 0 atom stereocenters. The number of hydrogen-bond donors (Lipinski definition) is 0. The number of halogens is 2. The van der Waals surface area contributed by atoms with E-state index in [1.54, 1.807) is 24.3 Å². The molecular formula is C18H16FIO4. The summed E-state index contributed by atoms with van der Waals surface area (Å²) >= 11 is 2.12. The molecule has 0 aliphatic rings. The van der Waals surface area contributed by atoms with Gasteiger partial charge in [0, 0.05) is 6.08 Å². The first kappa shape index (κ1) is 18.3. The molecule has 0 amide bonds. The first-order valence-corrected chi connectivity index (χ1v) is 8.12. The second-order valence-electron chi connectivity index (χ2n) is 4.81. The van der Waals surface area contributed by atoms with Gasteiger partial charge in [-0.1, -0.05) is 12.1 Å². The lowest BCUT2D eigenvalue weighted by Crippen LogP contribution is -2.00. The van der Waals surface area contributed by atoms with Gasteiger partial charge in [-0.3, -0.25) is 0 Å². The maximum atomic E-state index is 13.2. The van der Waals surface area contributed by atoms with E-state index >= 15 is 0 Å². The summed E-state index contributed by atoms with van der Waals surface area (Å²) in [7, 11) is 2.86. The van der Waals surface area contributed by atoms with Gasteiger partial charge < -0.3 is 14.2 Å². The van der Waals surface area contributed by atoms with E-state index in [1.165, 1.54) is 32.4 Å². The number of methoxy groups -OCH3 is 2. The zero-order chi connectivity index (χ0) is 17.5. The van der Waals surface area contributed by atoms with Crippen LogP contribution in [0.1, 0.15) is 11.1 Å². The Kier molecular flexibility index (Phi) is 6.60. The molecule has 0 bridgehead atoms. The van der Waals surface area contributed by atoms with E-state index in [0.717, 1.165) is 14.7 Å². The van der Waals surface area contributed by atoms with Crippen LogP contribution in [-0.2, 0) is 16.1 Å². The number of rotatable bonds is 6. The van der Waals surface area contributed by atoms with Crippen LogP contribution in [0.4, 0.5) is 4.39 Å². The lowest BCUT2D eigenvalue weighted by Gasteiger charge is -2.13. The fourth-order valence-electron chi connectivity index (χ4n) is 1.99. The van der Waals surface area contributed by atoms with Crippen molar-refractivity contribution in [1.82, 2.24) is 0 Å². The standard InChI is InChI=1S/C18H16FIO4/c1-22-16-10-12(6-7-17(21)23-2)9-15(20)18(16)24-11-13-4-3-5-14(19)8-13/h3-10H,11H2,1-2H3/b7-6+. The van der Waals surface area contributed by atoms with Crippen molar-refractivity contribution in [3.05, 3.63) is 63.0 Å². The van der Waals surface area contributed by atoms with Gasteiger partial charge in [0.05, 0.1) is 17.8 Å². The van der Waals surface area contributed by atoms with Crippen molar-refractivity contribution in [3.63, 3.8) is 0 Å². The van der Waals surface area contributed by atoms with E-state index in [0.29, 0.717) is 11.5 Å². The molecule has 4 nitrogen and oxygen atoms in total. The Morgan fingerprint density at radius 2 is 2.04 bits per heavy atom. The Balaban J connectivity index is 2.20. The van der Waals surface area contributed by atoms with E-state index in [2.05, 4.69) is 27.3 Å². The van der Waals surface area contributed by atoms with Crippen molar-refractivity contribution < 1.29 is 23.4 Å². The van der Waals surface area contributed by atoms with Gasteiger partial charge in [0.2, 0.25) is 0 Å². The predicted octanol–water partition coefficient (Wildman–Crippen LogP) is 4.20. The first-order valence-electron chi connectivity index (χ1n) is 7.04. The molecule has 0 radical (unpaired) electrons. The van der Waals surface area contributed by atoms with Gasteiger partial charge in [0.15, 0.2) is 11.5 Å². The summed E-state index contributed by atoms with van der Waals surface area (Å²) < 4.78 is 29.7. The molecule has 0 spiro atoms. The molecule has 0 heterocycles. The van der Waals surface area contributed by atoms with Gasteiger partial charge in [-0.15, -0.1) is 0 Å². The van der Waals surface area contributed by atoms with Gasteiger partial charge in [-0.05, 0) is 64.1 Å². The lowest BCUT2D eigenvalue weighted by molar-refractivity contribution is -0.134. The molecule has 0 saturated carbocycles. The normalized spacial score (nSPS) is 10.7. The number of benzene rings is 2. The van der Waals surface area contributed by atoms with Crippen LogP contribution in [0.2, 0.25) is 0 Å². The molecule has 6 heteroatoms. The van der Waals surface area contributed by atoms with Crippen molar-refractivity contribution in [2.45, 2.75) is 6.61 Å². The van der Waals surface area contributed by atoms with Crippen molar-refractivity contribution in [1.29, 1.82) is 0 Å². The topological polar surface area (TPSA) is 44.8 Å². The minimum Gasteiger partial charge on any atom is -0.493 e. The molecule has 0 fully saturated rings. The Labute approximate surface area is 153 Å². The molecule has 24 heavy (non-hydrogen) atoms. The van der Waals surface area contributed by atoms with E-state index in [9.17, 15) is 9.18 Å². The molecule has 2 aromatic rings. The third kappa shape index (κ3) is 4.95. The quantitative estimate of drug-likeness (QED) is 0.382. The van der Waals surface area contributed by atoms with E-state index < -0.39 is 5.97 Å². The van der Waals surface area contributed by atoms with Crippen molar-refractivity contribution >= 4 is 34.6 Å². The van der Waals surface area contributed by atoms with Crippen LogP contribution in [0.3, 0.4) is 0 Å². The maximum absolute atomic E-state index is 13.2. The second-order valence-corrected chi connectivity index (χ2v) is 5.97. The van der Waals surface area contributed by atoms with Gasteiger partial charge in [-0.25, -0.2) is 9.18 Å². The fourth-order valence-corrected chi connectivity index (χ4v) is 2.77. The average molecular weight is 442 g/mol. The van der Waals surface area contributed by atoms with Crippen LogP contribution in [0.15, 0.2) is 42.5 Å². The minimum absolute atomic E-state index is 0.224. The Morgan fingerprint density at radius 1 is 1.25 bits per heavy atom. The highest BCUT2D eigenvalue weighted by molar-refractivity contribution is 14.1. The predicted molar refractivity (Wildman–Crippen MR) is 97.5 cm³/mol. The second kappa shape index (κ2) is 8.68. The van der Waals surface area contributed by atoms with Gasteiger partial charge in [-0.2, -0.15) is 0 Å². The zero-order valence-electron chi connectivity index (χ0n) is 13.2. The highest BCUT2D eigenvalue weighted by Gasteiger charge is 2.11. The van der Waals surface area contributed by atoms with Gasteiger partial charge in [0.1, 0.15) is 12.4 Å². The van der Waals surface area contributed by atoms with Crippen LogP contribution in [0.5, 0.6) is 11.5 Å². The summed E-state index contributed by atoms with van der Waals surface area (Å²) in [6, 6.07) is 9.84. The highest BCUT2D eigenvalue weighted by Crippen LogP contribution is 2.35. The van der Waals surface area contributed by atoms with Crippen LogP contribution in [0, 0.1) is 9.39 Å². The van der Waals surface area contributed by atoms with Crippen molar-refractivity contribution in [3.8, 4) is 11.5 Å². The molecule has 0 unspecified atom stereocenters. The average Bonchev–Trinajstić information content (AvgIpc) is 2.58. The van der Waals surface area contributed by atoms with Gasteiger partial charge >= 0.3 is 5.97 Å². The van der Waals surface area contributed by atoms with E-state index in [1.807, 2.05) is 6.07 Å². The molecule has 2 aromatic carbocycles. The van der Waals surface area contributed by atoms with E-state index in [-0.39, 0.29) is 12.4 Å². The third-order valence-electron chi connectivity index (χ3n) is 3.14. The molecule has 0 N–H and O–H groups in total. The van der Waals surface area contributed by atoms with Gasteiger partial charge in [0.25, 0.3) is 0 Å².